The summed E-state index contributed by atoms with van der Waals surface area (Å²) >= 11 is 1.40. The van der Waals surface area contributed by atoms with Gasteiger partial charge in [-0.05, 0) is 18.9 Å². The molecule has 2 aromatic heterocycles. The normalized spacial score (nSPS) is 13.0. The Morgan fingerprint density at radius 2 is 1.90 bits per heavy atom. The molecule has 152 valence electrons. The zero-order valence-electron chi connectivity index (χ0n) is 16.9. The van der Waals surface area contributed by atoms with Gasteiger partial charge in [-0.3, -0.25) is 4.79 Å². The second-order valence-corrected chi connectivity index (χ2v) is 8.15. The first-order chi connectivity index (χ1) is 14.7. The fourth-order valence-electron chi connectivity index (χ4n) is 3.43. The molecule has 0 bridgehead atoms. The molecule has 6 nitrogen and oxygen atoms in total. The van der Waals surface area contributed by atoms with Gasteiger partial charge < -0.3 is 5.32 Å². The molecule has 0 spiro atoms. The number of nitrogens with one attached hydrogen (secondary N) is 1. The lowest BCUT2D eigenvalue weighted by Crippen LogP contribution is -2.41. The van der Waals surface area contributed by atoms with Crippen molar-refractivity contribution in [3.63, 3.8) is 0 Å². The molecule has 0 unspecified atom stereocenters. The van der Waals surface area contributed by atoms with Crippen molar-refractivity contribution >= 4 is 17.2 Å². The molecule has 0 radical (unpaired) electrons. The Labute approximate surface area is 179 Å². The highest BCUT2D eigenvalue weighted by molar-refractivity contribution is 7.16. The minimum absolute atomic E-state index is 0.126. The largest absolute Gasteiger partial charge is 0.346 e. The number of amides is 1. The first-order valence-corrected chi connectivity index (χ1v) is 10.7. The van der Waals surface area contributed by atoms with E-state index in [-0.39, 0.29) is 18.0 Å². The first-order valence-electron chi connectivity index (χ1n) is 9.88. The third-order valence-corrected chi connectivity index (χ3v) is 6.07. The molecule has 1 N–H and O–H groups in total. The molecule has 0 saturated heterocycles. The van der Waals surface area contributed by atoms with Crippen molar-refractivity contribution in [1.29, 1.82) is 0 Å². The van der Waals surface area contributed by atoms with E-state index < -0.39 is 0 Å². The van der Waals surface area contributed by atoms with E-state index in [1.807, 2.05) is 30.3 Å². The zero-order chi connectivity index (χ0) is 20.9. The average molecular weight is 418 g/mol. The van der Waals surface area contributed by atoms with Crippen LogP contribution in [0.15, 0.2) is 73.4 Å². The number of carbonyl (C=O) groups is 1. The minimum atomic E-state index is -0.149. The maximum absolute atomic E-state index is 13.0. The predicted molar refractivity (Wildman–Crippen MR) is 118 cm³/mol. The average Bonchev–Trinajstić information content (AvgIpc) is 3.48. The lowest BCUT2D eigenvalue weighted by molar-refractivity contribution is 0.0929. The van der Waals surface area contributed by atoms with Crippen LogP contribution in [-0.2, 0) is 0 Å². The fourth-order valence-corrected chi connectivity index (χ4v) is 4.26. The van der Waals surface area contributed by atoms with Gasteiger partial charge in [0, 0.05) is 5.56 Å². The van der Waals surface area contributed by atoms with Crippen LogP contribution in [0.1, 0.15) is 40.2 Å². The highest BCUT2D eigenvalue weighted by Gasteiger charge is 2.27. The predicted octanol–water partition coefficient (Wildman–Crippen LogP) is 4.51. The molecule has 4 aromatic rings. The van der Waals surface area contributed by atoms with Crippen molar-refractivity contribution in [2.75, 3.05) is 0 Å². The summed E-state index contributed by atoms with van der Waals surface area (Å²) in [4.78, 5) is 22.2. The molecular weight excluding hydrogens is 394 g/mol. The number of carbonyl (C=O) groups excluding carboxylic acids is 1. The lowest BCUT2D eigenvalue weighted by Gasteiger charge is -2.27. The van der Waals surface area contributed by atoms with Gasteiger partial charge in [0.2, 0.25) is 0 Å². The fraction of sp³-hybridized carbons (Fsp3) is 0.217. The SMILES string of the molecule is CC[C@H](NC(=O)c1cnc(-c2ccccc2)s1)[C@H](c1ccc(C)cc1)n1cncn1. The quantitative estimate of drug-likeness (QED) is 0.480. The molecule has 0 aliphatic carbocycles. The van der Waals surface area contributed by atoms with Gasteiger partial charge in [0.05, 0.1) is 18.3 Å². The summed E-state index contributed by atoms with van der Waals surface area (Å²) in [7, 11) is 0. The van der Waals surface area contributed by atoms with Crippen LogP contribution in [-0.4, -0.2) is 31.7 Å². The Morgan fingerprint density at radius 1 is 1.13 bits per heavy atom. The van der Waals surface area contributed by atoms with Crippen LogP contribution in [0, 0.1) is 6.92 Å². The standard InChI is InChI=1S/C23H23N5OS/c1-3-19(21(28-15-24-14-26-28)17-11-9-16(2)10-12-17)27-22(29)20-13-25-23(30-20)18-7-5-4-6-8-18/h4-15,19,21H,3H2,1-2H3,(H,27,29)/t19-,21-/m0/s1. The molecule has 2 heterocycles. The summed E-state index contributed by atoms with van der Waals surface area (Å²) in [5.74, 6) is -0.126. The summed E-state index contributed by atoms with van der Waals surface area (Å²) in [5, 5.41) is 8.38. The molecule has 7 heteroatoms. The summed E-state index contributed by atoms with van der Waals surface area (Å²) < 4.78 is 1.81. The second kappa shape index (κ2) is 9.00. The van der Waals surface area contributed by atoms with Crippen molar-refractivity contribution in [2.24, 2.45) is 0 Å². The van der Waals surface area contributed by atoms with E-state index in [0.29, 0.717) is 4.88 Å². The number of rotatable bonds is 7. The topological polar surface area (TPSA) is 72.7 Å². The van der Waals surface area contributed by atoms with Crippen LogP contribution in [0.3, 0.4) is 0 Å². The van der Waals surface area contributed by atoms with Crippen molar-refractivity contribution in [3.05, 3.63) is 89.5 Å². The second-order valence-electron chi connectivity index (χ2n) is 7.11. The Bertz CT molecular complexity index is 1090. The van der Waals surface area contributed by atoms with Crippen LogP contribution < -0.4 is 5.32 Å². The van der Waals surface area contributed by atoms with Gasteiger partial charge in [-0.15, -0.1) is 11.3 Å². The third-order valence-electron chi connectivity index (χ3n) is 5.03. The molecule has 4 rings (SSSR count). The van der Waals surface area contributed by atoms with Crippen molar-refractivity contribution in [3.8, 4) is 10.6 Å². The molecule has 0 fully saturated rings. The van der Waals surface area contributed by atoms with E-state index in [1.54, 1.807) is 17.2 Å². The van der Waals surface area contributed by atoms with E-state index in [2.05, 4.69) is 58.5 Å². The van der Waals surface area contributed by atoms with Crippen LogP contribution >= 0.6 is 11.3 Å². The molecule has 1 amide bonds. The van der Waals surface area contributed by atoms with E-state index in [0.717, 1.165) is 22.6 Å². The van der Waals surface area contributed by atoms with E-state index >= 15 is 0 Å². The summed E-state index contributed by atoms with van der Waals surface area (Å²) in [5.41, 5.74) is 3.27. The minimum Gasteiger partial charge on any atom is -0.346 e. The molecule has 2 atom stereocenters. The summed E-state index contributed by atoms with van der Waals surface area (Å²) in [6, 6.07) is 17.9. The Morgan fingerprint density at radius 3 is 2.57 bits per heavy atom. The van der Waals surface area contributed by atoms with Gasteiger partial charge in [0.25, 0.3) is 5.91 Å². The number of thiazole rings is 1. The maximum Gasteiger partial charge on any atom is 0.263 e. The van der Waals surface area contributed by atoms with Crippen LogP contribution in [0.2, 0.25) is 0 Å². The molecule has 0 aliphatic heterocycles. The molecular formula is C23H23N5OS. The van der Waals surface area contributed by atoms with Crippen LogP contribution in [0.4, 0.5) is 0 Å². The number of benzene rings is 2. The van der Waals surface area contributed by atoms with E-state index in [1.165, 1.54) is 23.2 Å². The van der Waals surface area contributed by atoms with Gasteiger partial charge in [-0.25, -0.2) is 14.6 Å². The molecule has 30 heavy (non-hydrogen) atoms. The number of aromatic nitrogens is 4. The number of hydrogen-bond acceptors (Lipinski definition) is 5. The van der Waals surface area contributed by atoms with Gasteiger partial charge in [0.15, 0.2) is 0 Å². The van der Waals surface area contributed by atoms with Gasteiger partial charge in [0.1, 0.15) is 22.5 Å². The smallest absolute Gasteiger partial charge is 0.263 e. The molecule has 0 saturated carbocycles. The molecule has 0 aliphatic rings. The van der Waals surface area contributed by atoms with Gasteiger partial charge >= 0.3 is 0 Å². The highest BCUT2D eigenvalue weighted by atomic mass is 32.1. The monoisotopic (exact) mass is 417 g/mol. The highest BCUT2D eigenvalue weighted by Crippen LogP contribution is 2.27. The molecule has 2 aromatic carbocycles. The van der Waals surface area contributed by atoms with Gasteiger partial charge in [-0.1, -0.05) is 67.1 Å². The van der Waals surface area contributed by atoms with Crippen LogP contribution in [0.5, 0.6) is 0 Å². The Balaban J connectivity index is 1.58. The van der Waals surface area contributed by atoms with Crippen molar-refractivity contribution < 1.29 is 4.79 Å². The number of aryl methyl sites for hydroxylation is 1. The van der Waals surface area contributed by atoms with Gasteiger partial charge in [-0.2, -0.15) is 5.10 Å². The summed E-state index contributed by atoms with van der Waals surface area (Å²) in [6.45, 7) is 4.12. The number of nitrogens with zero attached hydrogens (tertiary/aromatic N) is 4. The Kier molecular flexibility index (Phi) is 5.99. The van der Waals surface area contributed by atoms with Crippen LogP contribution in [0.25, 0.3) is 10.6 Å². The lowest BCUT2D eigenvalue weighted by atomic mass is 9.96. The third kappa shape index (κ3) is 4.31. The maximum atomic E-state index is 13.0. The first kappa shape index (κ1) is 20.0. The number of hydrogen-bond donors (Lipinski definition) is 1. The van der Waals surface area contributed by atoms with E-state index in [9.17, 15) is 4.79 Å². The Hall–Kier alpha value is -3.32. The summed E-state index contributed by atoms with van der Waals surface area (Å²) in [6.07, 6.45) is 5.60. The van der Waals surface area contributed by atoms with Crippen molar-refractivity contribution in [1.82, 2.24) is 25.1 Å². The van der Waals surface area contributed by atoms with E-state index in [4.69, 9.17) is 0 Å². The van der Waals surface area contributed by atoms with Crippen molar-refractivity contribution in [2.45, 2.75) is 32.4 Å². The zero-order valence-corrected chi connectivity index (χ0v) is 17.7.